The average Bonchev–Trinajstić information content (AvgIpc) is 3.03. The predicted octanol–water partition coefficient (Wildman–Crippen LogP) is 3.14. The number of carboxylic acid groups (broad SMARTS) is 1. The van der Waals surface area contributed by atoms with Gasteiger partial charge in [-0.25, -0.2) is 9.78 Å². The highest BCUT2D eigenvalue weighted by molar-refractivity contribution is 5.77. The summed E-state index contributed by atoms with van der Waals surface area (Å²) in [6.45, 7) is 8.16. The maximum Gasteiger partial charge on any atom is 0.347 e. The van der Waals surface area contributed by atoms with Gasteiger partial charge in [0.05, 0.1) is 5.69 Å². The lowest BCUT2D eigenvalue weighted by atomic mass is 10.1. The van der Waals surface area contributed by atoms with E-state index >= 15 is 0 Å². The second-order valence-corrected chi connectivity index (χ2v) is 8.36. The summed E-state index contributed by atoms with van der Waals surface area (Å²) in [5, 5.41) is 17.0. The van der Waals surface area contributed by atoms with Crippen molar-refractivity contribution in [2.45, 2.75) is 59.1 Å². The Hall–Kier alpha value is -3.36. The first kappa shape index (κ1) is 23.3. The van der Waals surface area contributed by atoms with E-state index in [1.165, 1.54) is 13.8 Å². The van der Waals surface area contributed by atoms with E-state index in [1.54, 1.807) is 28.4 Å². The van der Waals surface area contributed by atoms with Gasteiger partial charge in [0.15, 0.2) is 11.1 Å². The molecule has 1 aromatic carbocycles. The van der Waals surface area contributed by atoms with Crippen molar-refractivity contribution >= 4 is 22.7 Å². The molecule has 0 spiro atoms. The second-order valence-electron chi connectivity index (χ2n) is 8.36. The molecule has 32 heavy (non-hydrogen) atoms. The number of hydrogen-bond donors (Lipinski definition) is 2. The molecule has 0 radical (unpaired) electrons. The number of carboxylic acids is 1. The normalized spacial score (nSPS) is 11.7. The fourth-order valence-corrected chi connectivity index (χ4v) is 3.54. The first-order valence-corrected chi connectivity index (χ1v) is 10.8. The smallest absolute Gasteiger partial charge is 0.347 e. The minimum absolute atomic E-state index is 0.0626. The molecule has 3 aromatic rings. The number of nitrogens with zero attached hydrogens (tertiary/aromatic N) is 4. The number of aromatic nitrogens is 4. The zero-order chi connectivity index (χ0) is 23.5. The van der Waals surface area contributed by atoms with Crippen molar-refractivity contribution in [2.75, 3.05) is 11.9 Å². The average molecular weight is 442 g/mol. The molecule has 3 rings (SSSR count). The van der Waals surface area contributed by atoms with Crippen molar-refractivity contribution in [1.82, 2.24) is 19.3 Å². The van der Waals surface area contributed by atoms with Gasteiger partial charge in [-0.3, -0.25) is 14.0 Å². The van der Waals surface area contributed by atoms with Crippen molar-refractivity contribution in [3.8, 4) is 5.75 Å². The zero-order valence-electron chi connectivity index (χ0n) is 19.3. The third kappa shape index (κ3) is 4.92. The van der Waals surface area contributed by atoms with Gasteiger partial charge in [-0.1, -0.05) is 13.3 Å². The fraction of sp³-hybridized carbons (Fsp3) is 0.478. The first-order valence-electron chi connectivity index (χ1n) is 10.8. The van der Waals surface area contributed by atoms with E-state index in [0.29, 0.717) is 35.7 Å². The summed E-state index contributed by atoms with van der Waals surface area (Å²) < 4.78 is 8.85. The second kappa shape index (κ2) is 9.42. The van der Waals surface area contributed by atoms with Gasteiger partial charge in [-0.15, -0.1) is 0 Å². The Balaban J connectivity index is 1.62. The Labute approximate surface area is 187 Å². The summed E-state index contributed by atoms with van der Waals surface area (Å²) in [6.07, 6.45) is 2.48. The fourth-order valence-electron chi connectivity index (χ4n) is 3.54. The summed E-state index contributed by atoms with van der Waals surface area (Å²) in [6, 6.07) is 7.14. The van der Waals surface area contributed by atoms with Gasteiger partial charge in [0.2, 0.25) is 0 Å². The van der Waals surface area contributed by atoms with Crippen LogP contribution in [0.25, 0.3) is 11.0 Å². The molecular weight excluding hydrogens is 410 g/mol. The van der Waals surface area contributed by atoms with Crippen LogP contribution >= 0.6 is 0 Å². The van der Waals surface area contributed by atoms with E-state index in [0.717, 1.165) is 30.6 Å². The molecule has 0 bridgehead atoms. The number of ether oxygens (including phenoxy) is 1. The van der Waals surface area contributed by atoms with Crippen LogP contribution in [0.1, 0.15) is 45.1 Å². The molecule has 0 saturated heterocycles. The zero-order valence-corrected chi connectivity index (χ0v) is 19.3. The molecule has 0 aliphatic rings. The molecule has 0 fully saturated rings. The molecule has 2 aromatic heterocycles. The molecule has 0 amide bonds. The molecule has 0 unspecified atom stereocenters. The van der Waals surface area contributed by atoms with Gasteiger partial charge in [-0.2, -0.15) is 5.10 Å². The minimum atomic E-state index is -1.29. The lowest BCUT2D eigenvalue weighted by molar-refractivity contribution is -0.152. The van der Waals surface area contributed by atoms with Crippen LogP contribution in [0.5, 0.6) is 5.75 Å². The van der Waals surface area contributed by atoms with Crippen LogP contribution in [0.3, 0.4) is 0 Å². The van der Waals surface area contributed by atoms with Gasteiger partial charge in [0.25, 0.3) is 5.56 Å². The topological polar surface area (TPSA) is 111 Å². The van der Waals surface area contributed by atoms with Crippen LogP contribution in [-0.4, -0.2) is 42.6 Å². The van der Waals surface area contributed by atoms with E-state index in [9.17, 15) is 9.59 Å². The molecule has 2 heterocycles. The Morgan fingerprint density at radius 3 is 2.56 bits per heavy atom. The largest absolute Gasteiger partial charge is 0.478 e. The minimum Gasteiger partial charge on any atom is -0.478 e. The first-order chi connectivity index (χ1) is 15.1. The summed E-state index contributed by atoms with van der Waals surface area (Å²) in [5.74, 6) is 0.157. The highest BCUT2D eigenvalue weighted by Gasteiger charge is 2.29. The number of rotatable bonds is 10. The molecule has 2 N–H and O–H groups in total. The molecule has 172 valence electrons. The maximum atomic E-state index is 13.0. The highest BCUT2D eigenvalue weighted by atomic mass is 16.5. The number of fused-ring (bicyclic) bond motifs is 1. The summed E-state index contributed by atoms with van der Waals surface area (Å²) in [7, 11) is 1.79. The van der Waals surface area contributed by atoms with Crippen LogP contribution in [0.15, 0.2) is 29.1 Å². The van der Waals surface area contributed by atoms with Gasteiger partial charge >= 0.3 is 5.97 Å². The molecule has 9 heteroatoms. The van der Waals surface area contributed by atoms with Crippen LogP contribution in [0.2, 0.25) is 0 Å². The lowest BCUT2D eigenvalue weighted by Gasteiger charge is -2.21. The van der Waals surface area contributed by atoms with Gasteiger partial charge in [-0.05, 0) is 57.9 Å². The summed E-state index contributed by atoms with van der Waals surface area (Å²) in [5.41, 5.74) is 1.66. The number of hydrogen-bond acceptors (Lipinski definition) is 6. The third-order valence-corrected chi connectivity index (χ3v) is 5.32. The predicted molar refractivity (Wildman–Crippen MR) is 123 cm³/mol. The molecule has 0 atom stereocenters. The third-order valence-electron chi connectivity index (χ3n) is 5.32. The van der Waals surface area contributed by atoms with E-state index in [4.69, 9.17) is 9.84 Å². The quantitative estimate of drug-likeness (QED) is 0.465. The number of benzene rings is 1. The van der Waals surface area contributed by atoms with Crippen molar-refractivity contribution in [1.29, 1.82) is 0 Å². The number of aliphatic carboxylic acids is 1. The van der Waals surface area contributed by atoms with Crippen molar-refractivity contribution in [3.63, 3.8) is 0 Å². The standard InChI is InChI=1S/C23H31N5O4/c1-6-8-18-19-20(27(5)26-18)21(29)28(15(2)25-19)14-7-13-24-16-9-11-17(12-10-16)32-23(3,4)22(30)31/h9-12,24H,6-8,13-14H2,1-5H3,(H,30,31). The molecule has 0 aliphatic heterocycles. The number of carbonyl (C=O) groups is 1. The Kier molecular flexibility index (Phi) is 6.86. The van der Waals surface area contributed by atoms with Crippen molar-refractivity contribution < 1.29 is 14.6 Å². The van der Waals surface area contributed by atoms with E-state index in [2.05, 4.69) is 22.3 Å². The SMILES string of the molecule is CCCc1nn(C)c2c(=O)n(CCCNc3ccc(OC(C)(C)C(=O)O)cc3)c(C)nc12. The Morgan fingerprint density at radius 2 is 1.94 bits per heavy atom. The van der Waals surface area contributed by atoms with Gasteiger partial charge < -0.3 is 15.2 Å². The lowest BCUT2D eigenvalue weighted by Crippen LogP contribution is -2.37. The van der Waals surface area contributed by atoms with E-state index < -0.39 is 11.6 Å². The van der Waals surface area contributed by atoms with Crippen LogP contribution in [0, 0.1) is 6.92 Å². The van der Waals surface area contributed by atoms with Crippen molar-refractivity contribution in [2.24, 2.45) is 7.05 Å². The molecule has 0 aliphatic carbocycles. The van der Waals surface area contributed by atoms with Gasteiger partial charge in [0.1, 0.15) is 17.1 Å². The number of anilines is 1. The summed E-state index contributed by atoms with van der Waals surface area (Å²) >= 11 is 0. The number of aryl methyl sites for hydroxylation is 3. The Bertz CT molecular complexity index is 1160. The van der Waals surface area contributed by atoms with E-state index in [-0.39, 0.29) is 5.56 Å². The number of nitrogens with one attached hydrogen (secondary N) is 1. The molecular formula is C23H31N5O4. The maximum absolute atomic E-state index is 13.0. The van der Waals surface area contributed by atoms with E-state index in [1.807, 2.05) is 19.1 Å². The summed E-state index contributed by atoms with van der Waals surface area (Å²) in [4.78, 5) is 28.9. The molecule has 0 saturated carbocycles. The van der Waals surface area contributed by atoms with Crippen LogP contribution in [-0.2, 0) is 24.8 Å². The van der Waals surface area contributed by atoms with Crippen LogP contribution < -0.4 is 15.6 Å². The van der Waals surface area contributed by atoms with Gasteiger partial charge in [0, 0.05) is 25.8 Å². The molecule has 9 nitrogen and oxygen atoms in total. The highest BCUT2D eigenvalue weighted by Crippen LogP contribution is 2.21. The monoisotopic (exact) mass is 441 g/mol. The van der Waals surface area contributed by atoms with Crippen molar-refractivity contribution in [3.05, 3.63) is 46.1 Å². The Morgan fingerprint density at radius 1 is 1.25 bits per heavy atom. The van der Waals surface area contributed by atoms with Crippen LogP contribution in [0.4, 0.5) is 5.69 Å².